The predicted molar refractivity (Wildman–Crippen MR) is 61.6 cm³/mol. The van der Waals surface area contributed by atoms with Gasteiger partial charge < -0.3 is 0 Å². The number of hydrogen-bond acceptors (Lipinski definition) is 2. The molecule has 1 unspecified atom stereocenters. The van der Waals surface area contributed by atoms with Crippen LogP contribution in [-0.2, 0) is 6.42 Å². The van der Waals surface area contributed by atoms with Gasteiger partial charge in [-0.25, -0.2) is 0 Å². The van der Waals surface area contributed by atoms with Crippen LogP contribution in [0, 0.1) is 12.8 Å². The Labute approximate surface area is 111 Å². The van der Waals surface area contributed by atoms with Crippen LogP contribution in [0.15, 0.2) is 24.3 Å². The van der Waals surface area contributed by atoms with Crippen LogP contribution in [-0.4, -0.2) is 18.4 Å². The van der Waals surface area contributed by atoms with E-state index in [1.807, 2.05) is 0 Å². The second-order valence-corrected chi connectivity index (χ2v) is 4.52. The Hall–Kier alpha value is -1.28. The number of hydrazine groups is 1. The Kier molecular flexibility index (Phi) is 5.04. The van der Waals surface area contributed by atoms with Crippen LogP contribution in [0.2, 0.25) is 0 Å². The number of nitrogens with one attached hydrogen (secondary N) is 1. The second kappa shape index (κ2) is 6.01. The Morgan fingerprint density at radius 3 is 1.80 bits per heavy atom. The first-order valence-corrected chi connectivity index (χ1v) is 5.71. The summed E-state index contributed by atoms with van der Waals surface area (Å²) in [5.41, 5.74) is 2.84. The number of alkyl halides is 6. The van der Waals surface area contributed by atoms with Crippen molar-refractivity contribution in [3.05, 3.63) is 35.4 Å². The maximum Gasteiger partial charge on any atom is 0.402 e. The Morgan fingerprint density at radius 2 is 1.45 bits per heavy atom. The van der Waals surface area contributed by atoms with Crippen LogP contribution in [0.3, 0.4) is 0 Å². The average Bonchev–Trinajstić information content (AvgIpc) is 2.27. The van der Waals surface area contributed by atoms with Crippen LogP contribution in [0.5, 0.6) is 0 Å². The van der Waals surface area contributed by atoms with Crippen molar-refractivity contribution in [3.8, 4) is 0 Å². The van der Waals surface area contributed by atoms with Crippen LogP contribution < -0.4 is 11.3 Å². The van der Waals surface area contributed by atoms with Gasteiger partial charge in [-0.05, 0) is 18.9 Å². The third-order valence-electron chi connectivity index (χ3n) is 2.90. The van der Waals surface area contributed by atoms with Crippen molar-refractivity contribution >= 4 is 0 Å². The lowest BCUT2D eigenvalue weighted by molar-refractivity contribution is -0.291. The van der Waals surface area contributed by atoms with E-state index in [0.717, 1.165) is 5.56 Å². The Morgan fingerprint density at radius 1 is 1.00 bits per heavy atom. The van der Waals surface area contributed by atoms with Crippen molar-refractivity contribution in [1.82, 2.24) is 5.43 Å². The molecule has 0 saturated carbocycles. The zero-order valence-electron chi connectivity index (χ0n) is 10.5. The molecule has 8 heteroatoms. The molecule has 0 aromatic heterocycles. The topological polar surface area (TPSA) is 38.0 Å². The fraction of sp³-hybridized carbons (Fsp3) is 0.500. The van der Waals surface area contributed by atoms with E-state index in [0.29, 0.717) is 5.56 Å². The van der Waals surface area contributed by atoms with Crippen molar-refractivity contribution in [2.24, 2.45) is 11.8 Å². The largest absolute Gasteiger partial charge is 0.402 e. The smallest absolute Gasteiger partial charge is 0.271 e. The molecule has 0 heterocycles. The molecule has 1 rings (SSSR count). The molecule has 0 radical (unpaired) electrons. The Bertz CT molecular complexity index is 409. The second-order valence-electron chi connectivity index (χ2n) is 4.52. The van der Waals surface area contributed by atoms with Gasteiger partial charge in [-0.3, -0.25) is 11.3 Å². The van der Waals surface area contributed by atoms with Gasteiger partial charge in [0.2, 0.25) is 0 Å². The average molecular weight is 300 g/mol. The molecular formula is C12H14F6N2. The SMILES string of the molecule is Cc1ccc(CC(NN)C(C(F)(F)F)C(F)(F)F)cc1. The van der Waals surface area contributed by atoms with Gasteiger partial charge in [-0.1, -0.05) is 29.8 Å². The molecule has 1 aromatic carbocycles. The van der Waals surface area contributed by atoms with Crippen molar-refractivity contribution in [1.29, 1.82) is 0 Å². The summed E-state index contributed by atoms with van der Waals surface area (Å²) < 4.78 is 75.6. The zero-order chi connectivity index (χ0) is 15.6. The number of aryl methyl sites for hydroxylation is 1. The van der Waals surface area contributed by atoms with E-state index >= 15 is 0 Å². The third-order valence-corrected chi connectivity index (χ3v) is 2.90. The minimum absolute atomic E-state index is 0.344. The maximum absolute atomic E-state index is 12.6. The molecule has 1 aromatic rings. The standard InChI is InChI=1S/C12H14F6N2/c1-7-2-4-8(5-3-7)6-9(20-19)10(11(13,14)15)12(16,17)18/h2-5,9-10,20H,6,19H2,1H3. The summed E-state index contributed by atoms with van der Waals surface area (Å²) >= 11 is 0. The van der Waals surface area contributed by atoms with Crippen molar-refractivity contribution in [2.45, 2.75) is 31.7 Å². The number of benzene rings is 1. The molecule has 2 nitrogen and oxygen atoms in total. The molecule has 0 spiro atoms. The van der Waals surface area contributed by atoms with E-state index in [1.54, 1.807) is 24.5 Å². The minimum Gasteiger partial charge on any atom is -0.271 e. The maximum atomic E-state index is 12.6. The first-order valence-electron chi connectivity index (χ1n) is 5.71. The van der Waals surface area contributed by atoms with Crippen LogP contribution in [0.25, 0.3) is 0 Å². The normalized spacial score (nSPS) is 14.7. The number of halogens is 6. The monoisotopic (exact) mass is 300 g/mol. The lowest BCUT2D eigenvalue weighted by Crippen LogP contribution is -2.54. The molecule has 20 heavy (non-hydrogen) atoms. The molecule has 0 amide bonds. The van der Waals surface area contributed by atoms with Crippen molar-refractivity contribution < 1.29 is 26.3 Å². The Balaban J connectivity index is 3.00. The van der Waals surface area contributed by atoms with Crippen LogP contribution in [0.1, 0.15) is 11.1 Å². The highest BCUT2D eigenvalue weighted by atomic mass is 19.4. The fourth-order valence-electron chi connectivity index (χ4n) is 1.89. The molecule has 3 N–H and O–H groups in total. The van der Waals surface area contributed by atoms with Gasteiger partial charge >= 0.3 is 12.4 Å². The molecule has 1 atom stereocenters. The van der Waals surface area contributed by atoms with Crippen molar-refractivity contribution in [3.63, 3.8) is 0 Å². The van der Waals surface area contributed by atoms with Gasteiger partial charge in [0.05, 0.1) is 0 Å². The molecule has 0 aliphatic rings. The summed E-state index contributed by atoms with van der Waals surface area (Å²) in [4.78, 5) is 0. The van der Waals surface area contributed by atoms with Gasteiger partial charge in [0.15, 0.2) is 5.92 Å². The summed E-state index contributed by atoms with van der Waals surface area (Å²) in [6, 6.07) is 4.20. The van der Waals surface area contributed by atoms with Gasteiger partial charge in [-0.2, -0.15) is 26.3 Å². The molecular weight excluding hydrogens is 286 g/mol. The molecule has 114 valence electrons. The number of hydrogen-bond donors (Lipinski definition) is 2. The van der Waals surface area contributed by atoms with Crippen LogP contribution >= 0.6 is 0 Å². The summed E-state index contributed by atoms with van der Waals surface area (Å²) in [5.74, 6) is 1.38. The zero-order valence-corrected chi connectivity index (χ0v) is 10.5. The van der Waals surface area contributed by atoms with Gasteiger partial charge in [0, 0.05) is 6.04 Å². The lowest BCUT2D eigenvalue weighted by Gasteiger charge is -2.30. The summed E-state index contributed by atoms with van der Waals surface area (Å²) in [7, 11) is 0. The highest BCUT2D eigenvalue weighted by Gasteiger charge is 2.59. The number of rotatable bonds is 4. The van der Waals surface area contributed by atoms with E-state index in [1.165, 1.54) is 12.1 Å². The van der Waals surface area contributed by atoms with Crippen LogP contribution in [0.4, 0.5) is 26.3 Å². The van der Waals surface area contributed by atoms with Gasteiger partial charge in [-0.15, -0.1) is 0 Å². The van der Waals surface area contributed by atoms with E-state index in [-0.39, 0.29) is 0 Å². The third kappa shape index (κ3) is 4.38. The fourth-order valence-corrected chi connectivity index (χ4v) is 1.89. The molecule has 0 saturated heterocycles. The first-order chi connectivity index (χ1) is 9.05. The first kappa shape index (κ1) is 16.8. The quantitative estimate of drug-likeness (QED) is 0.509. The molecule has 0 bridgehead atoms. The minimum atomic E-state index is -5.42. The summed E-state index contributed by atoms with van der Waals surface area (Å²) in [5, 5.41) is 0. The van der Waals surface area contributed by atoms with E-state index in [2.05, 4.69) is 0 Å². The lowest BCUT2D eigenvalue weighted by atomic mass is 9.92. The summed E-state index contributed by atoms with van der Waals surface area (Å²) in [6.07, 6.45) is -11.3. The number of nitrogens with two attached hydrogens (primary N) is 1. The van der Waals surface area contributed by atoms with E-state index < -0.39 is 30.7 Å². The van der Waals surface area contributed by atoms with E-state index in [9.17, 15) is 26.3 Å². The summed E-state index contributed by atoms with van der Waals surface area (Å²) in [6.45, 7) is 1.76. The molecule has 0 aliphatic heterocycles. The predicted octanol–water partition coefficient (Wildman–Crippen LogP) is 3.11. The molecule has 0 fully saturated rings. The van der Waals surface area contributed by atoms with Crippen molar-refractivity contribution in [2.75, 3.05) is 0 Å². The van der Waals surface area contributed by atoms with Gasteiger partial charge in [0.25, 0.3) is 0 Å². The van der Waals surface area contributed by atoms with Gasteiger partial charge in [0.1, 0.15) is 0 Å². The highest BCUT2D eigenvalue weighted by molar-refractivity contribution is 5.22. The van der Waals surface area contributed by atoms with E-state index in [4.69, 9.17) is 5.84 Å². The molecule has 0 aliphatic carbocycles. The highest BCUT2D eigenvalue weighted by Crippen LogP contribution is 2.41.